The Hall–Kier alpha value is -1.38. The quantitative estimate of drug-likeness (QED) is 0.727. The summed E-state index contributed by atoms with van der Waals surface area (Å²) >= 11 is 1.33. The van der Waals surface area contributed by atoms with Crippen LogP contribution >= 0.6 is 11.3 Å². The minimum absolute atomic E-state index is 0.0360. The highest BCUT2D eigenvalue weighted by Crippen LogP contribution is 2.29. The molecule has 5 N–H and O–H groups in total. The van der Waals surface area contributed by atoms with Crippen LogP contribution in [0.25, 0.3) is 0 Å². The Morgan fingerprint density at radius 1 is 1.57 bits per heavy atom. The van der Waals surface area contributed by atoms with Crippen molar-refractivity contribution in [3.63, 3.8) is 0 Å². The van der Waals surface area contributed by atoms with E-state index in [-0.39, 0.29) is 23.9 Å². The highest BCUT2D eigenvalue weighted by molar-refractivity contribution is 7.18. The molecule has 1 unspecified atom stereocenters. The van der Waals surface area contributed by atoms with Crippen LogP contribution in [0.3, 0.4) is 0 Å². The van der Waals surface area contributed by atoms with Crippen molar-refractivity contribution >= 4 is 28.2 Å². The van der Waals surface area contributed by atoms with E-state index in [4.69, 9.17) is 16.2 Å². The first kappa shape index (κ1) is 16.0. The van der Waals surface area contributed by atoms with E-state index >= 15 is 0 Å². The maximum atomic E-state index is 12.1. The monoisotopic (exact) mass is 313 g/mol. The van der Waals surface area contributed by atoms with Gasteiger partial charge in [-0.1, -0.05) is 11.3 Å². The minimum Gasteiger partial charge on any atom is -0.382 e. The Labute approximate surface area is 128 Å². The molecule has 8 heteroatoms. The van der Waals surface area contributed by atoms with Crippen LogP contribution in [-0.2, 0) is 4.74 Å². The lowest BCUT2D eigenvalue weighted by atomic mass is 10.1. The first-order valence-corrected chi connectivity index (χ1v) is 7.90. The van der Waals surface area contributed by atoms with Gasteiger partial charge in [0.1, 0.15) is 10.7 Å². The van der Waals surface area contributed by atoms with Gasteiger partial charge in [-0.05, 0) is 19.8 Å². The zero-order valence-electron chi connectivity index (χ0n) is 12.5. The van der Waals surface area contributed by atoms with Crippen LogP contribution in [0.5, 0.6) is 0 Å². The summed E-state index contributed by atoms with van der Waals surface area (Å²) in [6, 6.07) is 0.261. The van der Waals surface area contributed by atoms with Gasteiger partial charge in [-0.15, -0.1) is 0 Å². The molecule has 1 amide bonds. The van der Waals surface area contributed by atoms with Crippen molar-refractivity contribution in [3.8, 4) is 0 Å². The van der Waals surface area contributed by atoms with Gasteiger partial charge in [0.25, 0.3) is 5.91 Å². The Balaban J connectivity index is 2.00. The molecule has 0 spiro atoms. The molecule has 1 atom stereocenters. The molecule has 2 heterocycles. The van der Waals surface area contributed by atoms with Crippen molar-refractivity contribution < 1.29 is 9.53 Å². The summed E-state index contributed by atoms with van der Waals surface area (Å²) in [5, 5.41) is 3.60. The van der Waals surface area contributed by atoms with Crippen molar-refractivity contribution in [1.82, 2.24) is 10.3 Å². The van der Waals surface area contributed by atoms with Gasteiger partial charge in [0, 0.05) is 32.8 Å². The van der Waals surface area contributed by atoms with Gasteiger partial charge in [0.05, 0.1) is 6.10 Å². The second-order valence-corrected chi connectivity index (χ2v) is 6.27. The second kappa shape index (κ2) is 7.06. The molecule has 1 aliphatic heterocycles. The third kappa shape index (κ3) is 4.05. The van der Waals surface area contributed by atoms with Crippen molar-refractivity contribution in [1.29, 1.82) is 0 Å². The Morgan fingerprint density at radius 3 is 2.86 bits per heavy atom. The number of carbonyl (C=O) groups excluding carboxylic acids is 1. The van der Waals surface area contributed by atoms with Gasteiger partial charge in [0.2, 0.25) is 0 Å². The zero-order chi connectivity index (χ0) is 15.4. The predicted molar refractivity (Wildman–Crippen MR) is 84.8 cm³/mol. The molecule has 0 bridgehead atoms. The highest BCUT2D eigenvalue weighted by atomic mass is 32.1. The van der Waals surface area contributed by atoms with Gasteiger partial charge in [-0.3, -0.25) is 4.79 Å². The number of carbonyl (C=O) groups is 1. The number of nitrogens with zero attached hydrogens (tertiary/aromatic N) is 2. The molecule has 0 saturated carbocycles. The number of nitrogens with two attached hydrogens (primary N) is 2. The Bertz CT molecular complexity index is 485. The Morgan fingerprint density at radius 2 is 2.24 bits per heavy atom. The van der Waals surface area contributed by atoms with E-state index in [0.29, 0.717) is 11.4 Å². The molecule has 0 aromatic carbocycles. The van der Waals surface area contributed by atoms with Crippen molar-refractivity contribution in [2.24, 2.45) is 5.73 Å². The molecular weight excluding hydrogens is 290 g/mol. The molecule has 1 saturated heterocycles. The highest BCUT2D eigenvalue weighted by Gasteiger charge is 2.23. The number of nitrogens with one attached hydrogen (secondary N) is 1. The number of piperidine rings is 1. The van der Waals surface area contributed by atoms with Gasteiger partial charge < -0.3 is 26.4 Å². The van der Waals surface area contributed by atoms with Gasteiger partial charge in [-0.25, -0.2) is 4.98 Å². The number of methoxy groups -OCH3 is 1. The molecule has 1 fully saturated rings. The van der Waals surface area contributed by atoms with Gasteiger partial charge in [-0.2, -0.15) is 0 Å². The number of rotatable bonds is 5. The van der Waals surface area contributed by atoms with Gasteiger partial charge >= 0.3 is 0 Å². The fourth-order valence-electron chi connectivity index (χ4n) is 2.11. The summed E-state index contributed by atoms with van der Waals surface area (Å²) in [6.45, 7) is 4.05. The van der Waals surface area contributed by atoms with Crippen molar-refractivity contribution in [2.45, 2.75) is 31.9 Å². The van der Waals surface area contributed by atoms with Crippen LogP contribution < -0.4 is 21.7 Å². The Kier molecular flexibility index (Phi) is 5.38. The number of amides is 1. The molecule has 118 valence electrons. The summed E-state index contributed by atoms with van der Waals surface area (Å²) in [5.74, 6) is 0.0845. The molecule has 1 aliphatic rings. The molecular formula is C13H23N5O2S. The molecule has 1 aromatic rings. The average Bonchev–Trinajstić information content (AvgIpc) is 2.87. The summed E-state index contributed by atoms with van der Waals surface area (Å²) in [6.07, 6.45) is 1.84. The second-order valence-electron chi connectivity index (χ2n) is 5.29. The molecule has 7 nitrogen and oxygen atoms in total. The van der Waals surface area contributed by atoms with Crippen molar-refractivity contribution in [3.05, 3.63) is 4.88 Å². The first-order valence-electron chi connectivity index (χ1n) is 7.09. The van der Waals surface area contributed by atoms with E-state index < -0.39 is 0 Å². The largest absolute Gasteiger partial charge is 0.382 e. The van der Waals surface area contributed by atoms with Crippen LogP contribution in [-0.4, -0.2) is 49.8 Å². The lowest BCUT2D eigenvalue weighted by Crippen LogP contribution is -2.39. The summed E-state index contributed by atoms with van der Waals surface area (Å²) in [7, 11) is 1.61. The van der Waals surface area contributed by atoms with Crippen LogP contribution in [0.15, 0.2) is 0 Å². The maximum Gasteiger partial charge on any atom is 0.265 e. The van der Waals surface area contributed by atoms with E-state index in [9.17, 15) is 4.79 Å². The lowest BCUT2D eigenvalue weighted by molar-refractivity contribution is 0.0874. The molecule has 0 aliphatic carbocycles. The smallest absolute Gasteiger partial charge is 0.265 e. The standard InChI is InChI=1S/C13H23N5O2S/c1-8(20-2)7-16-12(19)10-11(15)17-13(21-10)18-5-3-9(14)4-6-18/h8-9H,3-7,14-15H2,1-2H3,(H,16,19). The first-order chi connectivity index (χ1) is 10.0. The zero-order valence-corrected chi connectivity index (χ0v) is 13.3. The van der Waals surface area contributed by atoms with Crippen LogP contribution in [0.1, 0.15) is 29.4 Å². The van der Waals surface area contributed by atoms with Crippen LogP contribution in [0.4, 0.5) is 10.9 Å². The van der Waals surface area contributed by atoms with Crippen LogP contribution in [0.2, 0.25) is 0 Å². The fourth-order valence-corrected chi connectivity index (χ4v) is 3.06. The van der Waals surface area contributed by atoms with Gasteiger partial charge in [0.15, 0.2) is 5.13 Å². The van der Waals surface area contributed by atoms with E-state index in [0.717, 1.165) is 31.1 Å². The number of thiazole rings is 1. The number of ether oxygens (including phenoxy) is 1. The predicted octanol–water partition coefficient (Wildman–Crippen LogP) is 0.418. The fraction of sp³-hybridized carbons (Fsp3) is 0.692. The number of nitrogen functional groups attached to an aromatic ring is 1. The van der Waals surface area contributed by atoms with E-state index in [1.165, 1.54) is 11.3 Å². The number of anilines is 2. The van der Waals surface area contributed by atoms with Crippen LogP contribution in [0, 0.1) is 0 Å². The summed E-state index contributed by atoms with van der Waals surface area (Å²) in [5.41, 5.74) is 11.8. The molecule has 2 rings (SSSR count). The normalized spacial score (nSPS) is 17.8. The van der Waals surface area contributed by atoms with E-state index in [1.54, 1.807) is 7.11 Å². The topological polar surface area (TPSA) is 106 Å². The number of hydrogen-bond acceptors (Lipinski definition) is 7. The minimum atomic E-state index is -0.200. The third-order valence-corrected chi connectivity index (χ3v) is 4.74. The SMILES string of the molecule is COC(C)CNC(=O)c1sc(N2CCC(N)CC2)nc1N. The van der Waals surface area contributed by atoms with Crippen molar-refractivity contribution in [2.75, 3.05) is 37.4 Å². The molecule has 1 aromatic heterocycles. The lowest BCUT2D eigenvalue weighted by Gasteiger charge is -2.29. The molecule has 21 heavy (non-hydrogen) atoms. The number of hydrogen-bond donors (Lipinski definition) is 3. The summed E-state index contributed by atoms with van der Waals surface area (Å²) < 4.78 is 5.10. The number of aromatic nitrogens is 1. The maximum absolute atomic E-state index is 12.1. The average molecular weight is 313 g/mol. The third-order valence-electron chi connectivity index (χ3n) is 3.61. The van der Waals surface area contributed by atoms with E-state index in [1.807, 2.05) is 6.92 Å². The molecule has 0 radical (unpaired) electrons. The van der Waals surface area contributed by atoms with E-state index in [2.05, 4.69) is 15.2 Å². The summed E-state index contributed by atoms with van der Waals surface area (Å²) in [4.78, 5) is 19.0.